The van der Waals surface area contributed by atoms with Crippen molar-refractivity contribution in [3.63, 3.8) is 0 Å². The zero-order valence-corrected chi connectivity index (χ0v) is 21.4. The summed E-state index contributed by atoms with van der Waals surface area (Å²) in [5.74, 6) is 3.37. The second kappa shape index (κ2) is 7.62. The number of aromatic nitrogens is 3. The van der Waals surface area contributed by atoms with Gasteiger partial charge in [0, 0.05) is 23.2 Å². The fourth-order valence-corrected chi connectivity index (χ4v) is 9.40. The fourth-order valence-electron chi connectivity index (χ4n) is 9.40. The summed E-state index contributed by atoms with van der Waals surface area (Å²) in [5, 5.41) is 16.4. The molecule has 0 unspecified atom stereocenters. The zero-order valence-electron chi connectivity index (χ0n) is 21.4. The van der Waals surface area contributed by atoms with Crippen molar-refractivity contribution >= 4 is 16.7 Å². The molecule has 0 bridgehead atoms. The van der Waals surface area contributed by atoms with Crippen LogP contribution in [0.2, 0.25) is 0 Å². The number of pyridine rings is 1. The van der Waals surface area contributed by atoms with Crippen LogP contribution in [0.25, 0.3) is 10.9 Å². The van der Waals surface area contributed by atoms with Crippen LogP contribution in [0, 0.1) is 47.3 Å². The maximum absolute atomic E-state index is 13.6. The molecule has 2 aromatic rings. The summed E-state index contributed by atoms with van der Waals surface area (Å²) in [5.41, 5.74) is 1.87. The van der Waals surface area contributed by atoms with E-state index in [1.54, 1.807) is 6.20 Å². The average molecular weight is 464 g/mol. The van der Waals surface area contributed by atoms with E-state index in [0.29, 0.717) is 29.6 Å². The lowest BCUT2D eigenvalue weighted by atomic mass is 9.44. The first kappa shape index (κ1) is 22.7. The number of rotatable bonds is 3. The Morgan fingerprint density at radius 2 is 1.85 bits per heavy atom. The Morgan fingerprint density at radius 3 is 2.68 bits per heavy atom. The van der Waals surface area contributed by atoms with Gasteiger partial charge in [-0.3, -0.25) is 14.5 Å². The van der Waals surface area contributed by atoms with Crippen LogP contribution >= 0.6 is 0 Å². The lowest BCUT2D eigenvalue weighted by molar-refractivity contribution is -0.151. The smallest absolute Gasteiger partial charge is 0.157 e. The molecule has 0 aliphatic heterocycles. The minimum absolute atomic E-state index is 0.131. The van der Waals surface area contributed by atoms with Gasteiger partial charge in [-0.2, -0.15) is 5.10 Å². The monoisotopic (exact) mass is 463 g/mol. The predicted molar refractivity (Wildman–Crippen MR) is 133 cm³/mol. The van der Waals surface area contributed by atoms with E-state index >= 15 is 0 Å². The molecule has 184 valence electrons. The van der Waals surface area contributed by atoms with Crippen molar-refractivity contribution in [2.24, 2.45) is 40.4 Å². The normalized spacial score (nSPS) is 43.9. The number of nitrogens with zero attached hydrogens (tertiary/aromatic N) is 3. The van der Waals surface area contributed by atoms with Gasteiger partial charge in [-0.1, -0.05) is 13.8 Å². The summed E-state index contributed by atoms with van der Waals surface area (Å²) in [4.78, 5) is 18.0. The number of hydrogen-bond donors (Lipinski definition) is 1. The molecule has 2 aromatic heterocycles. The minimum atomic E-state index is -0.475. The molecule has 5 heteroatoms. The molecular weight excluding hydrogens is 422 g/mol. The third-order valence-electron chi connectivity index (χ3n) is 11.2. The molecule has 1 N–H and O–H groups in total. The van der Waals surface area contributed by atoms with Crippen molar-refractivity contribution in [3.05, 3.63) is 24.2 Å². The van der Waals surface area contributed by atoms with Crippen LogP contribution in [0.1, 0.15) is 84.3 Å². The maximum atomic E-state index is 13.6. The van der Waals surface area contributed by atoms with Gasteiger partial charge in [0.25, 0.3) is 0 Å². The molecule has 5 nitrogen and oxygen atoms in total. The summed E-state index contributed by atoms with van der Waals surface area (Å²) < 4.78 is 1.84. The van der Waals surface area contributed by atoms with Crippen molar-refractivity contribution in [1.82, 2.24) is 14.8 Å². The van der Waals surface area contributed by atoms with Gasteiger partial charge in [-0.25, -0.2) is 0 Å². The van der Waals surface area contributed by atoms with E-state index in [1.165, 1.54) is 38.5 Å². The molecule has 8 atom stereocenters. The number of fused-ring (bicyclic) bond motifs is 6. The third kappa shape index (κ3) is 3.40. The van der Waals surface area contributed by atoms with Gasteiger partial charge in [-0.05, 0) is 112 Å². The minimum Gasteiger partial charge on any atom is -0.390 e. The molecule has 4 aliphatic carbocycles. The largest absolute Gasteiger partial charge is 0.390 e. The highest BCUT2D eigenvalue weighted by Crippen LogP contribution is 2.68. The van der Waals surface area contributed by atoms with Gasteiger partial charge in [0.05, 0.1) is 18.3 Å². The van der Waals surface area contributed by atoms with E-state index in [2.05, 4.69) is 23.9 Å². The second-order valence-electron chi connectivity index (χ2n) is 13.2. The Morgan fingerprint density at radius 1 is 1.06 bits per heavy atom. The molecule has 4 fully saturated rings. The third-order valence-corrected chi connectivity index (χ3v) is 11.2. The molecule has 0 spiro atoms. The van der Waals surface area contributed by atoms with Gasteiger partial charge >= 0.3 is 0 Å². The van der Waals surface area contributed by atoms with Crippen LogP contribution in [0.3, 0.4) is 0 Å². The number of carbonyl (C=O) groups excluding carboxylic acids is 1. The molecule has 0 amide bonds. The first-order valence-corrected chi connectivity index (χ1v) is 13.6. The van der Waals surface area contributed by atoms with Crippen LogP contribution in [0.15, 0.2) is 18.5 Å². The molecule has 0 aromatic carbocycles. The van der Waals surface area contributed by atoms with Gasteiger partial charge in [0.1, 0.15) is 5.52 Å². The van der Waals surface area contributed by atoms with Crippen LogP contribution in [0.5, 0.6) is 0 Å². The van der Waals surface area contributed by atoms with Gasteiger partial charge in [-0.15, -0.1) is 0 Å². The van der Waals surface area contributed by atoms with Crippen molar-refractivity contribution < 1.29 is 9.90 Å². The Labute approximate surface area is 203 Å². The lowest BCUT2D eigenvalue weighted by Crippen LogP contribution is -2.55. The van der Waals surface area contributed by atoms with Crippen LogP contribution in [0.4, 0.5) is 0 Å². The molecule has 0 saturated heterocycles. The molecule has 2 heterocycles. The highest BCUT2D eigenvalue weighted by atomic mass is 16.3. The Kier molecular flexibility index (Phi) is 5.09. The summed E-state index contributed by atoms with van der Waals surface area (Å²) in [7, 11) is 0. The van der Waals surface area contributed by atoms with E-state index in [4.69, 9.17) is 0 Å². The molecule has 4 saturated carbocycles. The predicted octanol–water partition coefficient (Wildman–Crippen LogP) is 5.72. The Balaban J connectivity index is 1.20. The zero-order chi connectivity index (χ0) is 23.9. The topological polar surface area (TPSA) is 68.0 Å². The summed E-state index contributed by atoms with van der Waals surface area (Å²) in [6, 6.07) is 2.04. The van der Waals surface area contributed by atoms with E-state index in [-0.39, 0.29) is 11.3 Å². The van der Waals surface area contributed by atoms with Crippen molar-refractivity contribution in [2.75, 3.05) is 0 Å². The summed E-state index contributed by atoms with van der Waals surface area (Å²) >= 11 is 0. The molecule has 0 radical (unpaired) electrons. The SMILES string of the molecule is Cc1cc2cn(CC(=O)[C@H]3CC[C@H]4[C@@H]5CC[C@@H]6C[C@](C)(O)CC[C@]6(C)[C@H]5CC[C@]34C)nc2cn1. The van der Waals surface area contributed by atoms with Crippen LogP contribution in [-0.4, -0.2) is 31.3 Å². The van der Waals surface area contributed by atoms with Crippen molar-refractivity contribution in [3.8, 4) is 0 Å². The number of ketones is 1. The van der Waals surface area contributed by atoms with Crippen LogP contribution in [-0.2, 0) is 11.3 Å². The van der Waals surface area contributed by atoms with Gasteiger partial charge < -0.3 is 5.11 Å². The Bertz CT molecular complexity index is 1120. The number of hydrogen-bond acceptors (Lipinski definition) is 4. The number of aryl methyl sites for hydroxylation is 1. The van der Waals surface area contributed by atoms with E-state index in [0.717, 1.165) is 47.7 Å². The van der Waals surface area contributed by atoms with Crippen molar-refractivity contribution in [1.29, 1.82) is 0 Å². The average Bonchev–Trinajstić information content (AvgIpc) is 3.33. The maximum Gasteiger partial charge on any atom is 0.157 e. The van der Waals surface area contributed by atoms with Crippen LogP contribution < -0.4 is 0 Å². The van der Waals surface area contributed by atoms with Gasteiger partial charge in [0.2, 0.25) is 0 Å². The molecular formula is C29H41N3O2. The quantitative estimate of drug-likeness (QED) is 0.632. The molecule has 34 heavy (non-hydrogen) atoms. The first-order valence-electron chi connectivity index (χ1n) is 13.6. The number of Topliss-reactive ketones (excluding diaryl/α,β-unsaturated/α-hetero) is 1. The highest BCUT2D eigenvalue weighted by Gasteiger charge is 2.61. The molecule has 6 rings (SSSR count). The van der Waals surface area contributed by atoms with Gasteiger partial charge in [0.15, 0.2) is 5.78 Å². The first-order chi connectivity index (χ1) is 16.1. The fraction of sp³-hybridized carbons (Fsp3) is 0.759. The van der Waals surface area contributed by atoms with E-state index in [1.807, 2.05) is 30.8 Å². The standard InChI is InChI=1S/C29H41N3O2/c1-18-13-19-16-32(31-25(19)15-30-18)17-26(33)24-8-7-22-21-6-5-20-14-27(2,34)11-12-28(20,3)23(21)9-10-29(22,24)4/h13,15-16,20-24,34H,5-12,14,17H2,1-4H3/t20-,21+,22+,23+,24-,27-,28+,29+/m1/s1. The highest BCUT2D eigenvalue weighted by molar-refractivity contribution is 5.83. The van der Waals surface area contributed by atoms with E-state index in [9.17, 15) is 9.90 Å². The Hall–Kier alpha value is -1.75. The van der Waals surface area contributed by atoms with E-state index < -0.39 is 5.60 Å². The van der Waals surface area contributed by atoms with Crippen molar-refractivity contribution in [2.45, 2.75) is 97.6 Å². The molecule has 4 aliphatic rings. The second-order valence-corrected chi connectivity index (χ2v) is 13.2. The lowest BCUT2D eigenvalue weighted by Gasteiger charge is -2.61. The number of aliphatic hydroxyl groups is 1. The summed E-state index contributed by atoms with van der Waals surface area (Å²) in [6.07, 6.45) is 14.1. The number of carbonyl (C=O) groups is 1. The summed E-state index contributed by atoms with van der Waals surface area (Å²) in [6.45, 7) is 9.40.